The number of aromatic nitrogens is 2. The number of nitrogens with one attached hydrogen (secondary N) is 3. The van der Waals surface area contributed by atoms with Crippen LogP contribution >= 0.6 is 15.9 Å². The molecule has 6 nitrogen and oxygen atoms in total. The van der Waals surface area contributed by atoms with Crippen molar-refractivity contribution in [1.29, 1.82) is 0 Å². The van der Waals surface area contributed by atoms with E-state index in [0.717, 1.165) is 47.0 Å². The van der Waals surface area contributed by atoms with Gasteiger partial charge in [0.2, 0.25) is 0 Å². The van der Waals surface area contributed by atoms with E-state index in [-0.39, 0.29) is 11.6 Å². The molecule has 3 aromatic rings. The number of H-pyrrole nitrogens is 1. The lowest BCUT2D eigenvalue weighted by Crippen LogP contribution is -2.38. The van der Waals surface area contributed by atoms with E-state index < -0.39 is 6.10 Å². The average Bonchev–Trinajstić information content (AvgIpc) is 2.68. The highest BCUT2D eigenvalue weighted by atomic mass is 79.9. The highest BCUT2D eigenvalue weighted by Gasteiger charge is 2.18. The van der Waals surface area contributed by atoms with Crippen LogP contribution in [-0.2, 0) is 0 Å². The van der Waals surface area contributed by atoms with Crippen LogP contribution in [-0.4, -0.2) is 40.3 Å². The largest absolute Gasteiger partial charge is 0.381 e. The molecule has 3 heterocycles. The molecule has 4 N–H and O–H groups in total. The first-order valence-electron chi connectivity index (χ1n) is 9.34. The van der Waals surface area contributed by atoms with Gasteiger partial charge in [0.25, 0.3) is 5.56 Å². The first-order chi connectivity index (χ1) is 13.5. The third-order valence-corrected chi connectivity index (χ3v) is 5.34. The molecule has 2 atom stereocenters. The summed E-state index contributed by atoms with van der Waals surface area (Å²) in [6, 6.07) is 6.13. The summed E-state index contributed by atoms with van der Waals surface area (Å²) < 4.78 is 0.887. The van der Waals surface area contributed by atoms with Gasteiger partial charge in [0.05, 0.1) is 16.5 Å². The fourth-order valence-electron chi connectivity index (χ4n) is 3.54. The zero-order valence-electron chi connectivity index (χ0n) is 15.5. The number of aromatic amines is 1. The number of benzene rings is 1. The van der Waals surface area contributed by atoms with Crippen LogP contribution in [0.5, 0.6) is 0 Å². The fourth-order valence-corrected chi connectivity index (χ4v) is 3.91. The Balaban J connectivity index is 1.98. The fraction of sp³-hybridized carbons (Fsp3) is 0.333. The second kappa shape index (κ2) is 7.92. The molecule has 1 aliphatic heterocycles. The van der Waals surface area contributed by atoms with E-state index >= 15 is 0 Å². The van der Waals surface area contributed by atoms with Crippen molar-refractivity contribution < 1.29 is 5.11 Å². The van der Waals surface area contributed by atoms with Crippen molar-refractivity contribution in [3.8, 4) is 11.8 Å². The van der Waals surface area contributed by atoms with Gasteiger partial charge < -0.3 is 20.7 Å². The van der Waals surface area contributed by atoms with Crippen molar-refractivity contribution in [1.82, 2.24) is 15.3 Å². The minimum atomic E-state index is -0.762. The normalized spacial score (nSPS) is 17.9. The number of aliphatic hydroxyl groups excluding tert-OH is 1. The number of halogens is 1. The monoisotopic (exact) mass is 440 g/mol. The van der Waals surface area contributed by atoms with Crippen molar-refractivity contribution in [2.45, 2.75) is 31.9 Å². The highest BCUT2D eigenvalue weighted by molar-refractivity contribution is 9.10. The Hall–Kier alpha value is -2.40. The minimum absolute atomic E-state index is 0.209. The average molecular weight is 441 g/mol. The molecular weight excluding hydrogens is 420 g/mol. The summed E-state index contributed by atoms with van der Waals surface area (Å²) in [6.45, 7) is 3.51. The topological polar surface area (TPSA) is 90.0 Å². The van der Waals surface area contributed by atoms with Gasteiger partial charge in [-0.05, 0) is 44.5 Å². The molecule has 7 heteroatoms. The Kier molecular flexibility index (Phi) is 5.36. The van der Waals surface area contributed by atoms with Crippen molar-refractivity contribution >= 4 is 43.4 Å². The first-order valence-corrected chi connectivity index (χ1v) is 10.1. The smallest absolute Gasteiger partial charge is 0.258 e. The third kappa shape index (κ3) is 3.76. The predicted octanol–water partition coefficient (Wildman–Crippen LogP) is 2.74. The van der Waals surface area contributed by atoms with Crippen LogP contribution in [0.2, 0.25) is 0 Å². The predicted molar refractivity (Wildman–Crippen MR) is 116 cm³/mol. The summed E-state index contributed by atoms with van der Waals surface area (Å²) in [4.78, 5) is 20.2. The van der Waals surface area contributed by atoms with E-state index in [4.69, 9.17) is 4.98 Å². The number of hydrogen-bond donors (Lipinski definition) is 4. The molecule has 2 aromatic heterocycles. The van der Waals surface area contributed by atoms with E-state index in [9.17, 15) is 9.90 Å². The summed E-state index contributed by atoms with van der Waals surface area (Å²) >= 11 is 3.51. The number of rotatable bonds is 2. The lowest BCUT2D eigenvalue weighted by Gasteiger charge is -2.25. The van der Waals surface area contributed by atoms with E-state index in [1.807, 2.05) is 18.2 Å². The maximum absolute atomic E-state index is 12.7. The number of fused-ring (bicyclic) bond motifs is 3. The lowest BCUT2D eigenvalue weighted by molar-refractivity contribution is 0.253. The number of piperidine rings is 1. The molecule has 0 radical (unpaired) electrons. The molecule has 0 saturated carbocycles. The second-order valence-electron chi connectivity index (χ2n) is 7.04. The van der Waals surface area contributed by atoms with E-state index in [0.29, 0.717) is 16.5 Å². The maximum Gasteiger partial charge on any atom is 0.258 e. The summed E-state index contributed by atoms with van der Waals surface area (Å²) in [5.74, 6) is 6.42. The third-order valence-electron chi connectivity index (χ3n) is 4.85. The van der Waals surface area contributed by atoms with Gasteiger partial charge in [-0.25, -0.2) is 4.98 Å². The van der Waals surface area contributed by atoms with Gasteiger partial charge in [-0.2, -0.15) is 0 Å². The molecule has 1 fully saturated rings. The molecular formula is C21H21BrN4O2. The molecule has 0 aliphatic carbocycles. The Morgan fingerprint density at radius 2 is 2.25 bits per heavy atom. The molecule has 1 aromatic carbocycles. The standard InChI is InChI=1S/C21H21BrN4O2/c1-12(27)4-5-13-10-24-21(28)18-17-9-14(22)6-7-16(17)20(26-19(13)18)25-15-3-2-8-23-11-15/h6-7,9-10,12,15,23,27H,2-3,8,11H2,1H3,(H,24,28)(H,25,26)/t12-,15+/m1/s1. The molecule has 1 aliphatic rings. The van der Waals surface area contributed by atoms with Crippen LogP contribution in [0, 0.1) is 11.8 Å². The molecule has 4 rings (SSSR count). The summed E-state index contributed by atoms with van der Waals surface area (Å²) in [7, 11) is 0. The Morgan fingerprint density at radius 1 is 1.39 bits per heavy atom. The molecule has 0 amide bonds. The van der Waals surface area contributed by atoms with E-state index in [2.05, 4.69) is 43.4 Å². The summed E-state index contributed by atoms with van der Waals surface area (Å²) in [5.41, 5.74) is 0.912. The molecule has 0 bridgehead atoms. The van der Waals surface area contributed by atoms with Gasteiger partial charge in [0.15, 0.2) is 0 Å². The highest BCUT2D eigenvalue weighted by Crippen LogP contribution is 2.31. The lowest BCUT2D eigenvalue weighted by atomic mass is 10.0. The number of aliphatic hydroxyl groups is 1. The van der Waals surface area contributed by atoms with Gasteiger partial charge in [0, 0.05) is 34.0 Å². The second-order valence-corrected chi connectivity index (χ2v) is 7.95. The number of pyridine rings is 2. The van der Waals surface area contributed by atoms with Crippen LogP contribution in [0.15, 0.2) is 33.7 Å². The minimum Gasteiger partial charge on any atom is -0.381 e. The Bertz CT molecular complexity index is 1150. The Morgan fingerprint density at radius 3 is 3.00 bits per heavy atom. The molecule has 144 valence electrons. The molecule has 1 saturated heterocycles. The summed E-state index contributed by atoms with van der Waals surface area (Å²) in [5, 5.41) is 18.7. The molecule has 0 spiro atoms. The van der Waals surface area contributed by atoms with Crippen molar-refractivity contribution in [2.75, 3.05) is 18.4 Å². The van der Waals surface area contributed by atoms with Crippen LogP contribution in [0.1, 0.15) is 25.3 Å². The van der Waals surface area contributed by atoms with Crippen LogP contribution < -0.4 is 16.2 Å². The van der Waals surface area contributed by atoms with Crippen molar-refractivity contribution in [2.24, 2.45) is 0 Å². The quantitative estimate of drug-likeness (QED) is 0.363. The van der Waals surface area contributed by atoms with Gasteiger partial charge in [-0.3, -0.25) is 4.79 Å². The van der Waals surface area contributed by atoms with Crippen molar-refractivity contribution in [3.05, 3.63) is 44.8 Å². The van der Waals surface area contributed by atoms with E-state index in [1.165, 1.54) is 0 Å². The van der Waals surface area contributed by atoms with Gasteiger partial charge in [-0.1, -0.05) is 27.8 Å². The molecule has 0 unspecified atom stereocenters. The zero-order valence-corrected chi connectivity index (χ0v) is 17.1. The number of nitrogens with zero attached hydrogens (tertiary/aromatic N) is 1. The van der Waals surface area contributed by atoms with Gasteiger partial charge in [-0.15, -0.1) is 0 Å². The zero-order chi connectivity index (χ0) is 19.7. The first kappa shape index (κ1) is 18.9. The maximum atomic E-state index is 12.7. The van der Waals surface area contributed by atoms with Gasteiger partial charge in [0.1, 0.15) is 11.9 Å². The summed E-state index contributed by atoms with van der Waals surface area (Å²) in [6.07, 6.45) is 2.97. The number of anilines is 1. The van der Waals surface area contributed by atoms with Crippen LogP contribution in [0.3, 0.4) is 0 Å². The van der Waals surface area contributed by atoms with Gasteiger partial charge >= 0.3 is 0 Å². The SMILES string of the molecule is C[C@@H](O)C#Cc1c[nH]c(=O)c2c1nc(N[C@H]1CCCNC1)c1ccc(Br)cc12. The molecule has 28 heavy (non-hydrogen) atoms. The van der Waals surface area contributed by atoms with E-state index in [1.54, 1.807) is 13.1 Å². The van der Waals surface area contributed by atoms with Crippen molar-refractivity contribution in [3.63, 3.8) is 0 Å². The van der Waals surface area contributed by atoms with Crippen LogP contribution in [0.25, 0.3) is 21.7 Å². The van der Waals surface area contributed by atoms with Crippen LogP contribution in [0.4, 0.5) is 5.82 Å². The Labute approximate surface area is 170 Å². The number of hydrogen-bond acceptors (Lipinski definition) is 5.